The molecule has 0 saturated heterocycles. The van der Waals surface area contributed by atoms with Crippen LogP contribution in [0.15, 0.2) is 34.9 Å². The molecular weight excluding hydrogens is 312 g/mol. The largest absolute Gasteiger partial charge is 0.337 e. The van der Waals surface area contributed by atoms with Gasteiger partial charge >= 0.3 is 6.03 Å². The summed E-state index contributed by atoms with van der Waals surface area (Å²) in [5.41, 5.74) is 0.852. The number of rotatable bonds is 6. The van der Waals surface area contributed by atoms with Crippen molar-refractivity contribution < 1.29 is 9.32 Å². The van der Waals surface area contributed by atoms with Gasteiger partial charge in [-0.2, -0.15) is 16.7 Å². The maximum Gasteiger partial charge on any atom is 0.315 e. The lowest BCUT2D eigenvalue weighted by atomic mass is 10.2. The van der Waals surface area contributed by atoms with E-state index in [2.05, 4.69) is 34.6 Å². The first-order valence-corrected chi connectivity index (χ1v) is 8.62. The molecule has 0 radical (unpaired) electrons. The molecular formula is C16H22N4O2S. The predicted molar refractivity (Wildman–Crippen MR) is 92.3 cm³/mol. The molecule has 23 heavy (non-hydrogen) atoms. The second-order valence-corrected chi connectivity index (χ2v) is 7.35. The molecule has 0 aliphatic carbocycles. The van der Waals surface area contributed by atoms with E-state index in [1.54, 1.807) is 11.8 Å². The monoisotopic (exact) mass is 334 g/mol. The van der Waals surface area contributed by atoms with Gasteiger partial charge in [0.15, 0.2) is 5.82 Å². The number of carbonyl (C=O) groups excluding carboxylic acids is 1. The lowest BCUT2D eigenvalue weighted by Gasteiger charge is -2.22. The van der Waals surface area contributed by atoms with Crippen LogP contribution in [0.5, 0.6) is 0 Å². The summed E-state index contributed by atoms with van der Waals surface area (Å²) in [6.45, 7) is 6.55. The molecule has 0 saturated carbocycles. The van der Waals surface area contributed by atoms with Crippen LogP contribution in [0.3, 0.4) is 0 Å². The Morgan fingerprint density at radius 3 is 2.70 bits per heavy atom. The third-order valence-electron chi connectivity index (χ3n) is 3.42. The predicted octanol–water partition coefficient (Wildman–Crippen LogP) is 3.24. The third-order valence-corrected chi connectivity index (χ3v) is 4.67. The molecule has 1 heterocycles. The first-order valence-electron chi connectivity index (χ1n) is 7.40. The minimum atomic E-state index is -0.339. The maximum atomic E-state index is 11.9. The summed E-state index contributed by atoms with van der Waals surface area (Å²) >= 11 is 1.70. The van der Waals surface area contributed by atoms with Gasteiger partial charge in [-0.3, -0.25) is 0 Å². The van der Waals surface area contributed by atoms with Crippen LogP contribution < -0.4 is 10.6 Å². The summed E-state index contributed by atoms with van der Waals surface area (Å²) in [6.07, 6.45) is 2.02. The molecule has 0 aliphatic heterocycles. The van der Waals surface area contributed by atoms with E-state index in [1.807, 2.05) is 43.5 Å². The number of nitrogens with zero attached hydrogens (tertiary/aromatic N) is 2. The second kappa shape index (κ2) is 7.50. The van der Waals surface area contributed by atoms with Gasteiger partial charge < -0.3 is 15.2 Å². The highest BCUT2D eigenvalue weighted by molar-refractivity contribution is 7.99. The summed E-state index contributed by atoms with van der Waals surface area (Å²) in [5, 5.41) is 9.61. The number of benzene rings is 1. The van der Waals surface area contributed by atoms with Gasteiger partial charge in [0.2, 0.25) is 0 Å². The van der Waals surface area contributed by atoms with E-state index in [0.717, 1.165) is 5.56 Å². The fourth-order valence-electron chi connectivity index (χ4n) is 1.79. The fraction of sp³-hybridized carbons (Fsp3) is 0.438. The molecule has 2 aromatic rings. The zero-order chi connectivity index (χ0) is 16.9. The van der Waals surface area contributed by atoms with Gasteiger partial charge in [-0.25, -0.2) is 4.79 Å². The van der Waals surface area contributed by atoms with E-state index in [9.17, 15) is 4.79 Å². The first-order chi connectivity index (χ1) is 10.9. The summed E-state index contributed by atoms with van der Waals surface area (Å²) < 4.78 is 5.24. The van der Waals surface area contributed by atoms with Gasteiger partial charge in [0.25, 0.3) is 5.89 Å². The molecule has 7 heteroatoms. The number of carbonyl (C=O) groups is 1. The maximum absolute atomic E-state index is 11.9. The Morgan fingerprint density at radius 2 is 2.04 bits per heavy atom. The van der Waals surface area contributed by atoms with Crippen molar-refractivity contribution >= 4 is 17.8 Å². The molecule has 2 N–H and O–H groups in total. The summed E-state index contributed by atoms with van der Waals surface area (Å²) in [4.78, 5) is 16.3. The zero-order valence-corrected chi connectivity index (χ0v) is 14.6. The Bertz CT molecular complexity index is 643. The van der Waals surface area contributed by atoms with E-state index >= 15 is 0 Å². The van der Waals surface area contributed by atoms with E-state index < -0.39 is 0 Å². The van der Waals surface area contributed by atoms with Gasteiger partial charge in [-0.05, 0) is 39.2 Å². The second-order valence-electron chi connectivity index (χ2n) is 5.84. The first kappa shape index (κ1) is 17.3. The van der Waals surface area contributed by atoms with Gasteiger partial charge in [0.1, 0.15) is 0 Å². The lowest BCUT2D eigenvalue weighted by Crippen LogP contribution is -2.43. The summed E-state index contributed by atoms with van der Waals surface area (Å²) in [5.74, 6) is 0.890. The van der Waals surface area contributed by atoms with E-state index in [0.29, 0.717) is 18.3 Å². The molecule has 0 spiro atoms. The van der Waals surface area contributed by atoms with Crippen molar-refractivity contribution in [3.8, 4) is 11.5 Å². The normalized spacial score (nSPS) is 12.7. The molecule has 1 aromatic carbocycles. The van der Waals surface area contributed by atoms with Crippen LogP contribution in [0.25, 0.3) is 11.5 Å². The number of hydrogen-bond acceptors (Lipinski definition) is 5. The third kappa shape index (κ3) is 4.99. The molecule has 124 valence electrons. The van der Waals surface area contributed by atoms with E-state index in [4.69, 9.17) is 4.52 Å². The van der Waals surface area contributed by atoms with Gasteiger partial charge in [-0.15, -0.1) is 0 Å². The van der Waals surface area contributed by atoms with Crippen LogP contribution in [-0.2, 0) is 0 Å². The van der Waals surface area contributed by atoms with Crippen molar-refractivity contribution in [1.29, 1.82) is 0 Å². The Kier molecular flexibility index (Phi) is 5.65. The van der Waals surface area contributed by atoms with Crippen LogP contribution in [0.4, 0.5) is 4.79 Å². The number of hydrogen-bond donors (Lipinski definition) is 2. The van der Waals surface area contributed by atoms with Gasteiger partial charge in [0.05, 0.1) is 6.04 Å². The highest BCUT2D eigenvalue weighted by Crippen LogP contribution is 2.20. The van der Waals surface area contributed by atoms with Crippen LogP contribution in [0.1, 0.15) is 32.6 Å². The Balaban J connectivity index is 1.92. The van der Waals surface area contributed by atoms with Crippen LogP contribution in [-0.4, -0.2) is 33.7 Å². The zero-order valence-electron chi connectivity index (χ0n) is 13.8. The van der Waals surface area contributed by atoms with E-state index in [1.165, 1.54) is 0 Å². The van der Waals surface area contributed by atoms with Gasteiger partial charge in [0, 0.05) is 16.9 Å². The summed E-state index contributed by atoms with van der Waals surface area (Å²) in [6, 6.07) is 8.94. The SMILES string of the molecule is CSC(C)(C)CNC(=O)N[C@H](C)c1noc(-c2ccccc2)n1. The quantitative estimate of drug-likeness (QED) is 0.848. The Labute approximate surface area is 140 Å². The highest BCUT2D eigenvalue weighted by Gasteiger charge is 2.20. The summed E-state index contributed by atoms with van der Waals surface area (Å²) in [7, 11) is 0. The average molecular weight is 334 g/mol. The van der Waals surface area contributed by atoms with Crippen molar-refractivity contribution in [3.63, 3.8) is 0 Å². The minimum Gasteiger partial charge on any atom is -0.337 e. The smallest absolute Gasteiger partial charge is 0.315 e. The molecule has 1 atom stereocenters. The standard InChI is InChI=1S/C16H22N4O2S/c1-11(18-15(21)17-10-16(2,3)23-4)13-19-14(22-20-13)12-8-6-5-7-9-12/h5-9,11H,10H2,1-4H3,(H2,17,18,21)/t11-/m1/s1. The molecule has 0 unspecified atom stereocenters. The number of thioether (sulfide) groups is 1. The van der Waals surface area contributed by atoms with Crippen LogP contribution >= 0.6 is 11.8 Å². The molecule has 6 nitrogen and oxygen atoms in total. The van der Waals surface area contributed by atoms with Crippen molar-refractivity contribution in [1.82, 2.24) is 20.8 Å². The van der Waals surface area contributed by atoms with Crippen molar-refractivity contribution in [2.24, 2.45) is 0 Å². The van der Waals surface area contributed by atoms with Crippen molar-refractivity contribution in [3.05, 3.63) is 36.2 Å². The molecule has 0 aliphatic rings. The lowest BCUT2D eigenvalue weighted by molar-refractivity contribution is 0.236. The van der Waals surface area contributed by atoms with Crippen LogP contribution in [0, 0.1) is 0 Å². The number of urea groups is 1. The fourth-order valence-corrected chi connectivity index (χ4v) is 2.00. The average Bonchev–Trinajstić information content (AvgIpc) is 3.04. The molecule has 0 fully saturated rings. The molecule has 2 amide bonds. The molecule has 2 rings (SSSR count). The van der Waals surface area contributed by atoms with Crippen LogP contribution in [0.2, 0.25) is 0 Å². The number of nitrogens with one attached hydrogen (secondary N) is 2. The Morgan fingerprint density at radius 1 is 1.35 bits per heavy atom. The van der Waals surface area contributed by atoms with Crippen molar-refractivity contribution in [2.45, 2.75) is 31.6 Å². The van der Waals surface area contributed by atoms with Crippen molar-refractivity contribution in [2.75, 3.05) is 12.8 Å². The van der Waals surface area contributed by atoms with Gasteiger partial charge in [-0.1, -0.05) is 23.4 Å². The number of amides is 2. The highest BCUT2D eigenvalue weighted by atomic mass is 32.2. The molecule has 1 aromatic heterocycles. The topological polar surface area (TPSA) is 80.0 Å². The number of aromatic nitrogens is 2. The molecule has 0 bridgehead atoms. The Hall–Kier alpha value is -2.02. The van der Waals surface area contributed by atoms with E-state index in [-0.39, 0.29) is 16.8 Å². The minimum absolute atomic E-state index is 0.00675.